The molecule has 14 heavy (non-hydrogen) atoms. The van der Waals surface area contributed by atoms with Crippen LogP contribution >= 0.6 is 23.2 Å². The van der Waals surface area contributed by atoms with E-state index in [4.69, 9.17) is 33.7 Å². The molecule has 1 aromatic rings. The van der Waals surface area contributed by atoms with Crippen LogP contribution < -0.4 is 10.5 Å². The average molecular weight is 234 g/mol. The zero-order valence-electron chi connectivity index (χ0n) is 8.18. The van der Waals surface area contributed by atoms with Gasteiger partial charge in [-0.15, -0.1) is 0 Å². The van der Waals surface area contributed by atoms with Crippen LogP contribution in [0.15, 0.2) is 12.1 Å². The molecular formula is C10H13Cl2NO. The van der Waals surface area contributed by atoms with Crippen molar-refractivity contribution in [1.29, 1.82) is 0 Å². The summed E-state index contributed by atoms with van der Waals surface area (Å²) in [5.41, 5.74) is 6.50. The molecule has 0 aliphatic carbocycles. The van der Waals surface area contributed by atoms with E-state index in [1.54, 1.807) is 13.2 Å². The van der Waals surface area contributed by atoms with Crippen molar-refractivity contribution in [3.63, 3.8) is 0 Å². The van der Waals surface area contributed by atoms with Crippen LogP contribution in [0.1, 0.15) is 18.4 Å². The lowest BCUT2D eigenvalue weighted by Gasteiger charge is -2.14. The first-order valence-corrected chi connectivity index (χ1v) is 5.08. The Labute approximate surface area is 94.0 Å². The van der Waals surface area contributed by atoms with Crippen LogP contribution in [0, 0.1) is 0 Å². The van der Waals surface area contributed by atoms with Crippen molar-refractivity contribution in [2.24, 2.45) is 5.73 Å². The van der Waals surface area contributed by atoms with Gasteiger partial charge in [0.2, 0.25) is 0 Å². The van der Waals surface area contributed by atoms with Crippen LogP contribution in [0.4, 0.5) is 0 Å². The van der Waals surface area contributed by atoms with Gasteiger partial charge in [-0.05, 0) is 24.1 Å². The van der Waals surface area contributed by atoms with E-state index in [-0.39, 0.29) is 5.92 Å². The average Bonchev–Trinajstić information content (AvgIpc) is 2.19. The van der Waals surface area contributed by atoms with E-state index >= 15 is 0 Å². The SMILES string of the molecule is COc1cc(Cl)cc(C(C)CN)c1Cl. The number of hydrogen-bond acceptors (Lipinski definition) is 2. The first-order chi connectivity index (χ1) is 6.60. The summed E-state index contributed by atoms with van der Waals surface area (Å²) < 4.78 is 5.10. The van der Waals surface area contributed by atoms with Crippen LogP contribution in [-0.2, 0) is 0 Å². The minimum atomic E-state index is 0.176. The molecule has 0 aliphatic rings. The van der Waals surface area contributed by atoms with Crippen LogP contribution in [0.25, 0.3) is 0 Å². The van der Waals surface area contributed by atoms with Crippen molar-refractivity contribution in [1.82, 2.24) is 0 Å². The maximum absolute atomic E-state index is 6.12. The predicted octanol–water partition coefficient (Wildman–Crippen LogP) is 3.06. The Hall–Kier alpha value is -0.440. The number of hydrogen-bond donors (Lipinski definition) is 1. The summed E-state index contributed by atoms with van der Waals surface area (Å²) in [5.74, 6) is 0.768. The highest BCUT2D eigenvalue weighted by Gasteiger charge is 2.13. The van der Waals surface area contributed by atoms with Crippen molar-refractivity contribution >= 4 is 23.2 Å². The Morgan fingerprint density at radius 2 is 2.07 bits per heavy atom. The highest BCUT2D eigenvalue weighted by Crippen LogP contribution is 2.35. The smallest absolute Gasteiger partial charge is 0.139 e. The first kappa shape index (κ1) is 11.6. The molecule has 0 aromatic heterocycles. The third kappa shape index (κ3) is 2.32. The molecule has 0 fully saturated rings. The molecule has 1 rings (SSSR count). The number of nitrogens with two attached hydrogens (primary N) is 1. The molecule has 2 nitrogen and oxygen atoms in total. The first-order valence-electron chi connectivity index (χ1n) is 4.33. The van der Waals surface area contributed by atoms with Gasteiger partial charge in [-0.2, -0.15) is 0 Å². The van der Waals surface area contributed by atoms with Gasteiger partial charge in [0, 0.05) is 11.1 Å². The number of rotatable bonds is 3. The van der Waals surface area contributed by atoms with Gasteiger partial charge in [-0.25, -0.2) is 0 Å². The second kappa shape index (κ2) is 4.87. The number of methoxy groups -OCH3 is 1. The van der Waals surface area contributed by atoms with Crippen molar-refractivity contribution in [3.8, 4) is 5.75 Å². The zero-order chi connectivity index (χ0) is 10.7. The monoisotopic (exact) mass is 233 g/mol. The Bertz CT molecular complexity index is 328. The maximum atomic E-state index is 6.12. The summed E-state index contributed by atoms with van der Waals surface area (Å²) in [7, 11) is 1.56. The third-order valence-corrected chi connectivity index (χ3v) is 2.76. The second-order valence-corrected chi connectivity index (χ2v) is 3.96. The molecule has 1 aromatic carbocycles. The molecule has 0 bridgehead atoms. The molecule has 4 heteroatoms. The Morgan fingerprint density at radius 3 is 2.57 bits per heavy atom. The van der Waals surface area contributed by atoms with Gasteiger partial charge in [-0.3, -0.25) is 0 Å². The molecular weight excluding hydrogens is 221 g/mol. The van der Waals surface area contributed by atoms with Gasteiger partial charge in [0.25, 0.3) is 0 Å². The summed E-state index contributed by atoms with van der Waals surface area (Å²) in [6.07, 6.45) is 0. The minimum Gasteiger partial charge on any atom is -0.495 e. The molecule has 0 aliphatic heterocycles. The fraction of sp³-hybridized carbons (Fsp3) is 0.400. The number of halogens is 2. The van der Waals surface area contributed by atoms with Gasteiger partial charge in [0.05, 0.1) is 12.1 Å². The van der Waals surface area contributed by atoms with Gasteiger partial charge in [0.15, 0.2) is 0 Å². The lowest BCUT2D eigenvalue weighted by Crippen LogP contribution is -2.09. The summed E-state index contributed by atoms with van der Waals surface area (Å²) in [4.78, 5) is 0. The predicted molar refractivity (Wildman–Crippen MR) is 60.5 cm³/mol. The van der Waals surface area contributed by atoms with E-state index in [0.29, 0.717) is 22.3 Å². The summed E-state index contributed by atoms with van der Waals surface area (Å²) in [6, 6.07) is 3.51. The third-order valence-electron chi connectivity index (χ3n) is 2.14. The highest BCUT2D eigenvalue weighted by atomic mass is 35.5. The van der Waals surface area contributed by atoms with Crippen molar-refractivity contribution in [3.05, 3.63) is 27.7 Å². The van der Waals surface area contributed by atoms with Crippen molar-refractivity contribution in [2.75, 3.05) is 13.7 Å². The fourth-order valence-electron chi connectivity index (χ4n) is 1.22. The fourth-order valence-corrected chi connectivity index (χ4v) is 1.81. The van der Waals surface area contributed by atoms with Crippen LogP contribution in [0.2, 0.25) is 10.0 Å². The molecule has 1 unspecified atom stereocenters. The van der Waals surface area contributed by atoms with Gasteiger partial charge in [0.1, 0.15) is 5.75 Å². The van der Waals surface area contributed by atoms with Crippen LogP contribution in [-0.4, -0.2) is 13.7 Å². The zero-order valence-corrected chi connectivity index (χ0v) is 9.69. The van der Waals surface area contributed by atoms with Crippen molar-refractivity contribution < 1.29 is 4.74 Å². The summed E-state index contributed by atoms with van der Waals surface area (Å²) in [6.45, 7) is 2.53. The number of ether oxygens (including phenoxy) is 1. The molecule has 0 amide bonds. The van der Waals surface area contributed by atoms with E-state index < -0.39 is 0 Å². The van der Waals surface area contributed by atoms with E-state index in [1.807, 2.05) is 13.0 Å². The molecule has 0 saturated carbocycles. The molecule has 78 valence electrons. The summed E-state index contributed by atoms with van der Waals surface area (Å²) >= 11 is 12.0. The number of benzene rings is 1. The molecule has 0 radical (unpaired) electrons. The van der Waals surface area contributed by atoms with Gasteiger partial charge in [-0.1, -0.05) is 30.1 Å². The molecule has 0 spiro atoms. The minimum absolute atomic E-state index is 0.176. The highest BCUT2D eigenvalue weighted by molar-refractivity contribution is 6.35. The maximum Gasteiger partial charge on any atom is 0.139 e. The van der Waals surface area contributed by atoms with E-state index in [0.717, 1.165) is 5.56 Å². The van der Waals surface area contributed by atoms with Gasteiger partial charge >= 0.3 is 0 Å². The molecule has 1 atom stereocenters. The largest absolute Gasteiger partial charge is 0.495 e. The Balaban J connectivity index is 3.21. The lowest BCUT2D eigenvalue weighted by atomic mass is 10.0. The quantitative estimate of drug-likeness (QED) is 0.872. The summed E-state index contributed by atoms with van der Waals surface area (Å²) in [5, 5.41) is 1.21. The van der Waals surface area contributed by atoms with E-state index in [1.165, 1.54) is 0 Å². The van der Waals surface area contributed by atoms with Crippen LogP contribution in [0.3, 0.4) is 0 Å². The van der Waals surface area contributed by atoms with E-state index in [2.05, 4.69) is 0 Å². The van der Waals surface area contributed by atoms with Crippen molar-refractivity contribution in [2.45, 2.75) is 12.8 Å². The Kier molecular flexibility index (Phi) is 4.05. The normalized spacial score (nSPS) is 12.6. The molecule has 0 heterocycles. The van der Waals surface area contributed by atoms with E-state index in [9.17, 15) is 0 Å². The second-order valence-electron chi connectivity index (χ2n) is 3.15. The van der Waals surface area contributed by atoms with Crippen LogP contribution in [0.5, 0.6) is 5.75 Å². The molecule has 2 N–H and O–H groups in total. The Morgan fingerprint density at radius 1 is 1.43 bits per heavy atom. The lowest BCUT2D eigenvalue weighted by molar-refractivity contribution is 0.414. The topological polar surface area (TPSA) is 35.2 Å². The standard InChI is InChI=1S/C10H13Cl2NO/c1-6(5-13)8-3-7(11)4-9(14-2)10(8)12/h3-4,6H,5,13H2,1-2H3. The van der Waals surface area contributed by atoms with Gasteiger partial charge < -0.3 is 10.5 Å². The molecule has 0 saturated heterocycles.